The van der Waals surface area contributed by atoms with Crippen molar-refractivity contribution in [3.05, 3.63) is 23.2 Å². The Morgan fingerprint density at radius 1 is 1.24 bits per heavy atom. The first kappa shape index (κ1) is 20.1. The summed E-state index contributed by atoms with van der Waals surface area (Å²) in [7, 11) is -0.595. The first-order valence-electron chi connectivity index (χ1n) is 8.52. The Hall–Kier alpha value is -1.24. The minimum Gasteiger partial charge on any atom is -0.443 e. The van der Waals surface area contributed by atoms with Crippen LogP contribution < -0.4 is 10.8 Å². The Balaban J connectivity index is 2.18. The molecule has 1 aliphatic rings. The molecule has 1 fully saturated rings. The quantitative estimate of drug-likeness (QED) is 0.803. The van der Waals surface area contributed by atoms with Crippen molar-refractivity contribution in [2.24, 2.45) is 0 Å². The van der Waals surface area contributed by atoms with Crippen molar-refractivity contribution in [2.75, 3.05) is 5.32 Å². The summed E-state index contributed by atoms with van der Waals surface area (Å²) in [5.74, 6) is 0. The zero-order valence-electron chi connectivity index (χ0n) is 16.0. The molecule has 1 amide bonds. The molecule has 1 aromatic carbocycles. The van der Waals surface area contributed by atoms with E-state index in [9.17, 15) is 4.79 Å². The van der Waals surface area contributed by atoms with Gasteiger partial charge in [-0.1, -0.05) is 18.5 Å². The highest BCUT2D eigenvalue weighted by molar-refractivity contribution is 6.65. The Labute approximate surface area is 155 Å². The molecule has 1 heterocycles. The molecule has 0 aliphatic carbocycles. The van der Waals surface area contributed by atoms with E-state index in [0.29, 0.717) is 16.2 Å². The third-order valence-electron chi connectivity index (χ3n) is 4.97. The number of hydrogen-bond donors (Lipinski definition) is 1. The molecule has 5 nitrogen and oxygen atoms in total. The molecule has 0 spiro atoms. The van der Waals surface area contributed by atoms with E-state index in [0.717, 1.165) is 6.42 Å². The summed E-state index contributed by atoms with van der Waals surface area (Å²) < 4.78 is 17.5. The van der Waals surface area contributed by atoms with Gasteiger partial charge in [0, 0.05) is 16.2 Å². The highest BCUT2D eigenvalue weighted by Crippen LogP contribution is 2.37. The molecule has 25 heavy (non-hydrogen) atoms. The fourth-order valence-corrected chi connectivity index (χ4v) is 2.45. The molecule has 0 unspecified atom stereocenters. The fourth-order valence-electron chi connectivity index (χ4n) is 2.24. The average Bonchev–Trinajstić information content (AvgIpc) is 2.68. The van der Waals surface area contributed by atoms with Gasteiger partial charge in [0.15, 0.2) is 0 Å². The van der Waals surface area contributed by atoms with Crippen LogP contribution in [-0.4, -0.2) is 30.0 Å². The van der Waals surface area contributed by atoms with Crippen molar-refractivity contribution < 1.29 is 18.8 Å². The number of ether oxygens (including phenoxy) is 1. The predicted molar refractivity (Wildman–Crippen MR) is 102 cm³/mol. The molecule has 0 bridgehead atoms. The second-order valence-corrected chi connectivity index (χ2v) is 8.36. The lowest BCUT2D eigenvalue weighted by atomic mass is 9.79. The maximum absolute atomic E-state index is 12.1. The Kier molecular flexibility index (Phi) is 5.48. The van der Waals surface area contributed by atoms with Crippen molar-refractivity contribution in [1.82, 2.24) is 0 Å². The molecular weight excluding hydrogens is 340 g/mol. The minimum atomic E-state index is -0.595. The average molecular weight is 368 g/mol. The van der Waals surface area contributed by atoms with E-state index in [1.165, 1.54) is 0 Å². The van der Waals surface area contributed by atoms with Crippen LogP contribution >= 0.6 is 11.6 Å². The maximum atomic E-state index is 12.1. The zero-order valence-corrected chi connectivity index (χ0v) is 16.8. The molecule has 1 aromatic rings. The summed E-state index contributed by atoms with van der Waals surface area (Å²) in [6.07, 6.45) is 0.217. The van der Waals surface area contributed by atoms with Gasteiger partial charge in [0.2, 0.25) is 0 Å². The van der Waals surface area contributed by atoms with Gasteiger partial charge in [-0.05, 0) is 66.2 Å². The third kappa shape index (κ3) is 4.49. The smallest absolute Gasteiger partial charge is 0.443 e. The number of carbonyl (C=O) groups excluding carboxylic acids is 1. The number of halogens is 1. The summed E-state index contributed by atoms with van der Waals surface area (Å²) in [5.41, 5.74) is -0.201. The van der Waals surface area contributed by atoms with Crippen molar-refractivity contribution in [3.63, 3.8) is 0 Å². The van der Waals surface area contributed by atoms with Crippen LogP contribution in [0.1, 0.15) is 54.9 Å². The SMILES string of the molecule is CCC(C)(C)OC(=O)Nc1ccc(Cl)c(B2OC(C)(C)C(C)(C)O2)c1. The number of amides is 1. The van der Waals surface area contributed by atoms with Gasteiger partial charge in [-0.2, -0.15) is 0 Å². The molecule has 0 aromatic heterocycles. The van der Waals surface area contributed by atoms with E-state index in [-0.39, 0.29) is 0 Å². The lowest BCUT2D eigenvalue weighted by molar-refractivity contribution is 0.00578. The second kappa shape index (κ2) is 6.82. The molecule has 0 atom stereocenters. The third-order valence-corrected chi connectivity index (χ3v) is 5.31. The molecular formula is C18H27BClNO4. The number of carbonyl (C=O) groups is 1. The van der Waals surface area contributed by atoms with Gasteiger partial charge in [0.1, 0.15) is 5.60 Å². The van der Waals surface area contributed by atoms with Crippen LogP contribution in [0.5, 0.6) is 0 Å². The Morgan fingerprint density at radius 3 is 2.32 bits per heavy atom. The summed E-state index contributed by atoms with van der Waals surface area (Å²) in [6, 6.07) is 5.18. The van der Waals surface area contributed by atoms with E-state index < -0.39 is 30.0 Å². The largest absolute Gasteiger partial charge is 0.496 e. The monoisotopic (exact) mass is 367 g/mol. The van der Waals surface area contributed by atoms with Crippen molar-refractivity contribution in [2.45, 2.75) is 71.7 Å². The predicted octanol–water partition coefficient (Wildman–Crippen LogP) is 4.38. The topological polar surface area (TPSA) is 56.8 Å². The van der Waals surface area contributed by atoms with Gasteiger partial charge in [-0.3, -0.25) is 5.32 Å². The summed E-state index contributed by atoms with van der Waals surface area (Å²) in [4.78, 5) is 12.1. The van der Waals surface area contributed by atoms with E-state index in [1.54, 1.807) is 18.2 Å². The summed E-state index contributed by atoms with van der Waals surface area (Å²) >= 11 is 6.32. The van der Waals surface area contributed by atoms with Gasteiger partial charge in [0.05, 0.1) is 11.2 Å². The standard InChI is InChI=1S/C18H27BClNO4/c1-8-16(2,3)23-15(22)21-12-9-10-14(20)13(11-12)19-24-17(4,5)18(6,7)25-19/h9-11H,8H2,1-7H3,(H,21,22). The molecule has 0 radical (unpaired) electrons. The van der Waals surface area contributed by atoms with Crippen LogP contribution in [0.15, 0.2) is 18.2 Å². The van der Waals surface area contributed by atoms with Crippen LogP contribution in [0, 0.1) is 0 Å². The maximum Gasteiger partial charge on any atom is 0.496 e. The lowest BCUT2D eigenvalue weighted by Gasteiger charge is -2.32. The van der Waals surface area contributed by atoms with E-state index in [1.807, 2.05) is 48.5 Å². The van der Waals surface area contributed by atoms with Crippen LogP contribution in [0.4, 0.5) is 10.5 Å². The van der Waals surface area contributed by atoms with E-state index in [4.69, 9.17) is 25.6 Å². The lowest BCUT2D eigenvalue weighted by Crippen LogP contribution is -2.41. The second-order valence-electron chi connectivity index (χ2n) is 7.95. The molecule has 1 aliphatic heterocycles. The van der Waals surface area contributed by atoms with Crippen molar-refractivity contribution in [1.29, 1.82) is 0 Å². The Morgan fingerprint density at radius 2 is 1.80 bits per heavy atom. The number of hydrogen-bond acceptors (Lipinski definition) is 4. The van der Waals surface area contributed by atoms with Crippen LogP contribution in [0.3, 0.4) is 0 Å². The Bertz CT molecular complexity index is 644. The van der Waals surface area contributed by atoms with Crippen molar-refractivity contribution in [3.8, 4) is 0 Å². The molecule has 138 valence electrons. The van der Waals surface area contributed by atoms with Gasteiger partial charge in [0.25, 0.3) is 0 Å². The van der Waals surface area contributed by atoms with Crippen LogP contribution in [0.2, 0.25) is 5.02 Å². The fraction of sp³-hybridized carbons (Fsp3) is 0.611. The first-order valence-corrected chi connectivity index (χ1v) is 8.90. The number of anilines is 1. The normalized spacial score (nSPS) is 19.0. The van der Waals surface area contributed by atoms with Gasteiger partial charge in [-0.25, -0.2) is 4.79 Å². The van der Waals surface area contributed by atoms with Crippen molar-refractivity contribution >= 4 is 36.0 Å². The van der Waals surface area contributed by atoms with Gasteiger partial charge >= 0.3 is 13.2 Å². The van der Waals surface area contributed by atoms with Crippen LogP contribution in [-0.2, 0) is 14.0 Å². The first-order chi connectivity index (χ1) is 11.4. The molecule has 1 saturated heterocycles. The molecule has 7 heteroatoms. The number of nitrogens with one attached hydrogen (secondary N) is 1. The molecule has 2 rings (SSSR count). The summed E-state index contributed by atoms with van der Waals surface area (Å²) in [6.45, 7) is 13.6. The van der Waals surface area contributed by atoms with E-state index in [2.05, 4.69) is 5.32 Å². The number of benzene rings is 1. The highest BCUT2D eigenvalue weighted by atomic mass is 35.5. The summed E-state index contributed by atoms with van der Waals surface area (Å²) in [5, 5.41) is 3.25. The van der Waals surface area contributed by atoms with Crippen LogP contribution in [0.25, 0.3) is 0 Å². The highest BCUT2D eigenvalue weighted by Gasteiger charge is 2.52. The number of rotatable bonds is 4. The molecule has 0 saturated carbocycles. The van der Waals surface area contributed by atoms with Gasteiger partial charge in [-0.15, -0.1) is 0 Å². The van der Waals surface area contributed by atoms with E-state index >= 15 is 0 Å². The molecule has 1 N–H and O–H groups in total. The zero-order chi connectivity index (χ0) is 19.0. The van der Waals surface area contributed by atoms with Gasteiger partial charge < -0.3 is 14.0 Å². The minimum absolute atomic E-state index is 0.464.